The van der Waals surface area contributed by atoms with Gasteiger partial charge in [-0.25, -0.2) is 0 Å². The van der Waals surface area contributed by atoms with E-state index in [4.69, 9.17) is 9.84 Å². The average Bonchev–Trinajstić information content (AvgIpc) is 2.45. The van der Waals surface area contributed by atoms with Gasteiger partial charge in [-0.3, -0.25) is 14.9 Å². The first-order valence-electron chi connectivity index (χ1n) is 6.74. The molecular formula is C14H20N2O5. The van der Waals surface area contributed by atoms with Crippen molar-refractivity contribution in [2.75, 3.05) is 19.8 Å². The van der Waals surface area contributed by atoms with Crippen molar-refractivity contribution in [1.82, 2.24) is 4.90 Å². The van der Waals surface area contributed by atoms with Crippen LogP contribution in [0.4, 0.5) is 5.69 Å². The van der Waals surface area contributed by atoms with Crippen LogP contribution in [-0.4, -0.2) is 46.6 Å². The smallest absolute Gasteiger partial charge is 0.310 e. The predicted molar refractivity (Wildman–Crippen MR) is 77.1 cm³/mol. The molecule has 0 saturated carbocycles. The molecule has 1 rings (SSSR count). The predicted octanol–water partition coefficient (Wildman–Crippen LogP) is 1.59. The van der Waals surface area contributed by atoms with Gasteiger partial charge >= 0.3 is 5.69 Å². The van der Waals surface area contributed by atoms with Crippen LogP contribution in [0.15, 0.2) is 24.3 Å². The molecule has 7 nitrogen and oxygen atoms in total. The lowest BCUT2D eigenvalue weighted by Gasteiger charge is -2.26. The van der Waals surface area contributed by atoms with Gasteiger partial charge in [0.15, 0.2) is 12.4 Å². The summed E-state index contributed by atoms with van der Waals surface area (Å²) in [6.45, 7) is 3.88. The number of rotatable bonds is 8. The molecule has 0 aliphatic heterocycles. The number of ether oxygens (including phenoxy) is 1. The molecule has 21 heavy (non-hydrogen) atoms. The minimum atomic E-state index is -0.550. The van der Waals surface area contributed by atoms with Crippen molar-refractivity contribution < 1.29 is 19.6 Å². The molecule has 1 aromatic carbocycles. The minimum Gasteiger partial charge on any atom is -0.477 e. The van der Waals surface area contributed by atoms with E-state index in [1.54, 1.807) is 11.0 Å². The third-order valence-corrected chi connectivity index (χ3v) is 2.91. The monoisotopic (exact) mass is 296 g/mol. The summed E-state index contributed by atoms with van der Waals surface area (Å²) in [5, 5.41) is 19.7. The number of hydrogen-bond donors (Lipinski definition) is 1. The number of aliphatic hydroxyl groups excluding tert-OH is 1. The van der Waals surface area contributed by atoms with E-state index in [9.17, 15) is 14.9 Å². The number of nitrogens with zero attached hydrogens (tertiary/aromatic N) is 2. The summed E-state index contributed by atoms with van der Waals surface area (Å²) >= 11 is 0. The molecule has 0 fully saturated rings. The van der Waals surface area contributed by atoms with E-state index in [0.29, 0.717) is 13.0 Å². The van der Waals surface area contributed by atoms with Gasteiger partial charge < -0.3 is 14.7 Å². The summed E-state index contributed by atoms with van der Waals surface area (Å²) in [6, 6.07) is 5.90. The molecule has 0 bridgehead atoms. The Labute approximate surface area is 123 Å². The number of carbonyl (C=O) groups is 1. The highest BCUT2D eigenvalue weighted by Gasteiger charge is 2.19. The normalized spacial score (nSPS) is 10.5. The van der Waals surface area contributed by atoms with E-state index in [2.05, 4.69) is 0 Å². The number of benzene rings is 1. The molecular weight excluding hydrogens is 276 g/mol. The van der Waals surface area contributed by atoms with Gasteiger partial charge in [0.2, 0.25) is 0 Å². The Morgan fingerprint density at radius 1 is 1.43 bits per heavy atom. The van der Waals surface area contributed by atoms with E-state index in [-0.39, 0.29) is 36.6 Å². The lowest BCUT2D eigenvalue weighted by atomic mass is 10.2. The van der Waals surface area contributed by atoms with E-state index in [1.165, 1.54) is 18.2 Å². The van der Waals surface area contributed by atoms with Crippen LogP contribution < -0.4 is 4.74 Å². The molecule has 1 amide bonds. The molecule has 1 aromatic rings. The molecule has 0 aromatic heterocycles. The van der Waals surface area contributed by atoms with Gasteiger partial charge in [0.05, 0.1) is 4.92 Å². The second kappa shape index (κ2) is 8.21. The van der Waals surface area contributed by atoms with Crippen molar-refractivity contribution in [2.24, 2.45) is 0 Å². The molecule has 1 N–H and O–H groups in total. The fourth-order valence-electron chi connectivity index (χ4n) is 1.86. The first-order chi connectivity index (χ1) is 9.97. The number of carbonyl (C=O) groups excluding carboxylic acids is 1. The fraction of sp³-hybridized carbons (Fsp3) is 0.500. The van der Waals surface area contributed by atoms with Crippen molar-refractivity contribution in [1.29, 1.82) is 0 Å². The minimum absolute atomic E-state index is 0.00150. The summed E-state index contributed by atoms with van der Waals surface area (Å²) < 4.78 is 5.28. The zero-order valence-electron chi connectivity index (χ0n) is 12.2. The zero-order chi connectivity index (χ0) is 15.8. The summed E-state index contributed by atoms with van der Waals surface area (Å²) in [4.78, 5) is 24.0. The number of nitro groups is 1. The Morgan fingerprint density at radius 2 is 2.10 bits per heavy atom. The van der Waals surface area contributed by atoms with Gasteiger partial charge in [0.1, 0.15) is 0 Å². The molecule has 0 heterocycles. The Bertz CT molecular complexity index is 490. The van der Waals surface area contributed by atoms with Crippen molar-refractivity contribution in [3.8, 4) is 5.75 Å². The average molecular weight is 296 g/mol. The SMILES string of the molecule is CC(C)N(CCCO)C(=O)COc1ccccc1[N+](=O)[O-]. The summed E-state index contributed by atoms with van der Waals surface area (Å²) in [5.74, 6) is -0.196. The maximum atomic E-state index is 12.1. The Balaban J connectivity index is 2.69. The Hall–Kier alpha value is -2.15. The number of hydrogen-bond acceptors (Lipinski definition) is 5. The van der Waals surface area contributed by atoms with Crippen molar-refractivity contribution in [3.63, 3.8) is 0 Å². The van der Waals surface area contributed by atoms with Crippen LogP contribution in [0.25, 0.3) is 0 Å². The highest BCUT2D eigenvalue weighted by atomic mass is 16.6. The van der Waals surface area contributed by atoms with Crippen molar-refractivity contribution in [2.45, 2.75) is 26.3 Å². The number of aliphatic hydroxyl groups is 1. The maximum Gasteiger partial charge on any atom is 0.310 e. The molecule has 0 atom stereocenters. The number of para-hydroxylation sites is 2. The van der Waals surface area contributed by atoms with Crippen LogP contribution in [0.5, 0.6) is 5.75 Å². The van der Waals surface area contributed by atoms with Crippen molar-refractivity contribution in [3.05, 3.63) is 34.4 Å². The molecule has 0 unspecified atom stereocenters. The van der Waals surface area contributed by atoms with Gasteiger partial charge in [0.25, 0.3) is 5.91 Å². The molecule has 0 saturated heterocycles. The van der Waals surface area contributed by atoms with Crippen LogP contribution in [-0.2, 0) is 4.79 Å². The second-order valence-corrected chi connectivity index (χ2v) is 4.77. The molecule has 0 aliphatic rings. The maximum absolute atomic E-state index is 12.1. The Kier molecular flexibility index (Phi) is 6.61. The molecule has 0 spiro atoms. The number of amides is 1. The largest absolute Gasteiger partial charge is 0.477 e. The van der Waals surface area contributed by atoms with Crippen LogP contribution in [0.2, 0.25) is 0 Å². The highest BCUT2D eigenvalue weighted by Crippen LogP contribution is 2.25. The fourth-order valence-corrected chi connectivity index (χ4v) is 1.86. The second-order valence-electron chi connectivity index (χ2n) is 4.77. The van der Waals surface area contributed by atoms with E-state index < -0.39 is 4.92 Å². The standard InChI is InChI=1S/C14H20N2O5/c1-11(2)15(8-5-9-17)14(18)10-21-13-7-4-3-6-12(13)16(19)20/h3-4,6-7,11,17H,5,8-10H2,1-2H3. The summed E-state index contributed by atoms with van der Waals surface area (Å²) in [5.41, 5.74) is -0.170. The Morgan fingerprint density at radius 3 is 2.67 bits per heavy atom. The van der Waals surface area contributed by atoms with Crippen molar-refractivity contribution >= 4 is 11.6 Å². The van der Waals surface area contributed by atoms with Gasteiger partial charge in [-0.1, -0.05) is 12.1 Å². The molecule has 0 aliphatic carbocycles. The van der Waals surface area contributed by atoms with Gasteiger partial charge in [-0.2, -0.15) is 0 Å². The van der Waals surface area contributed by atoms with E-state index in [1.807, 2.05) is 13.8 Å². The van der Waals surface area contributed by atoms with E-state index in [0.717, 1.165) is 0 Å². The molecule has 7 heteroatoms. The van der Waals surface area contributed by atoms with Gasteiger partial charge in [0, 0.05) is 25.3 Å². The molecule has 0 radical (unpaired) electrons. The van der Waals surface area contributed by atoms with Crippen LogP contribution >= 0.6 is 0 Å². The topological polar surface area (TPSA) is 92.9 Å². The first kappa shape index (κ1) is 16.9. The third-order valence-electron chi connectivity index (χ3n) is 2.91. The lowest BCUT2D eigenvalue weighted by molar-refractivity contribution is -0.385. The third kappa shape index (κ3) is 5.03. The van der Waals surface area contributed by atoms with Gasteiger partial charge in [-0.05, 0) is 26.3 Å². The van der Waals surface area contributed by atoms with Crippen LogP contribution in [0.1, 0.15) is 20.3 Å². The van der Waals surface area contributed by atoms with E-state index >= 15 is 0 Å². The molecule has 116 valence electrons. The number of nitro benzene ring substituents is 1. The van der Waals surface area contributed by atoms with Crippen LogP contribution in [0, 0.1) is 10.1 Å². The summed E-state index contributed by atoms with van der Waals surface area (Å²) in [6.07, 6.45) is 0.482. The highest BCUT2D eigenvalue weighted by molar-refractivity contribution is 5.78. The first-order valence-corrected chi connectivity index (χ1v) is 6.74. The lowest BCUT2D eigenvalue weighted by Crippen LogP contribution is -2.40. The van der Waals surface area contributed by atoms with Crippen LogP contribution in [0.3, 0.4) is 0 Å². The zero-order valence-corrected chi connectivity index (χ0v) is 12.2. The quantitative estimate of drug-likeness (QED) is 0.581. The van der Waals surface area contributed by atoms with Gasteiger partial charge in [-0.15, -0.1) is 0 Å². The summed E-state index contributed by atoms with van der Waals surface area (Å²) in [7, 11) is 0.